The van der Waals surface area contributed by atoms with Crippen LogP contribution in [0.2, 0.25) is 0 Å². The number of hydrogen-bond donors (Lipinski definition) is 2. The molecule has 2 aliphatic heterocycles. The highest BCUT2D eigenvalue weighted by molar-refractivity contribution is 5.96. The molecular formula is C25H41N3O6. The minimum absolute atomic E-state index is 0.000185. The topological polar surface area (TPSA) is 108 Å². The smallest absolute Gasteiger partial charge is 0.310 e. The second kappa shape index (κ2) is 12.1. The summed E-state index contributed by atoms with van der Waals surface area (Å²) in [6.45, 7) is 11.8. The molecule has 2 saturated heterocycles. The van der Waals surface area contributed by atoms with Crippen LogP contribution in [0.4, 0.5) is 0 Å². The van der Waals surface area contributed by atoms with Crippen LogP contribution in [-0.2, 0) is 23.9 Å². The van der Waals surface area contributed by atoms with Gasteiger partial charge in [-0.2, -0.15) is 0 Å². The minimum atomic E-state index is -0.769. The number of allylic oxidation sites excluding steroid dienone is 1. The van der Waals surface area contributed by atoms with Crippen molar-refractivity contribution in [3.63, 3.8) is 0 Å². The molecule has 0 saturated carbocycles. The van der Waals surface area contributed by atoms with Crippen molar-refractivity contribution in [3.05, 3.63) is 12.2 Å². The lowest BCUT2D eigenvalue weighted by Gasteiger charge is -2.36. The second-order valence-corrected chi connectivity index (χ2v) is 9.70. The largest absolute Gasteiger partial charge is 0.466 e. The van der Waals surface area contributed by atoms with Crippen molar-refractivity contribution in [2.24, 2.45) is 29.6 Å². The zero-order valence-corrected chi connectivity index (χ0v) is 20.9. The zero-order chi connectivity index (χ0) is 24.8. The van der Waals surface area contributed by atoms with E-state index >= 15 is 0 Å². The summed E-state index contributed by atoms with van der Waals surface area (Å²) in [6, 6.07) is -1.27. The normalized spacial score (nSPS) is 31.1. The fourth-order valence-electron chi connectivity index (χ4n) is 5.58. The van der Waals surface area contributed by atoms with Gasteiger partial charge in [-0.05, 0) is 18.8 Å². The molecule has 0 spiro atoms. The fourth-order valence-corrected chi connectivity index (χ4v) is 5.58. The molecule has 0 radical (unpaired) electrons. The van der Waals surface area contributed by atoms with Gasteiger partial charge >= 0.3 is 5.97 Å². The number of aliphatic hydroxyl groups is 1. The number of amides is 2. The fraction of sp³-hybridized carbons (Fsp3) is 0.800. The number of likely N-dealkylation sites (tertiary alicyclic amines) is 1. The van der Waals surface area contributed by atoms with E-state index in [1.807, 2.05) is 32.9 Å². The SMILES string of the molecule is CCOC(=O)[C@H]1[C@@H]2C(=O)N([C@@H](CO)[C@@H](C)CC)[C@H](C(=O)NCCN3CCOCC3)[C@H]2C=C[C@H]1C. The van der Waals surface area contributed by atoms with Crippen LogP contribution in [0.25, 0.3) is 0 Å². The van der Waals surface area contributed by atoms with E-state index in [-0.39, 0.29) is 36.9 Å². The Morgan fingerprint density at radius 1 is 1.26 bits per heavy atom. The molecule has 2 N–H and O–H groups in total. The predicted octanol–water partition coefficient (Wildman–Crippen LogP) is 0.670. The number of hydrogen-bond acceptors (Lipinski definition) is 7. The first-order valence-corrected chi connectivity index (χ1v) is 12.7. The van der Waals surface area contributed by atoms with Crippen molar-refractivity contribution in [2.45, 2.75) is 46.2 Å². The first-order chi connectivity index (χ1) is 16.3. The maximum absolute atomic E-state index is 13.8. The van der Waals surface area contributed by atoms with Crippen LogP contribution in [0, 0.1) is 29.6 Å². The third-order valence-electron chi connectivity index (χ3n) is 7.71. The number of morpholine rings is 1. The molecular weight excluding hydrogens is 438 g/mol. The van der Waals surface area contributed by atoms with Gasteiger partial charge in [0.2, 0.25) is 11.8 Å². The van der Waals surface area contributed by atoms with Crippen LogP contribution in [-0.4, -0.2) is 97.4 Å². The summed E-state index contributed by atoms with van der Waals surface area (Å²) < 4.78 is 10.7. The molecule has 0 bridgehead atoms. The molecule has 9 heteroatoms. The van der Waals surface area contributed by atoms with Crippen molar-refractivity contribution in [1.82, 2.24) is 15.1 Å². The van der Waals surface area contributed by atoms with Crippen LogP contribution in [0.3, 0.4) is 0 Å². The van der Waals surface area contributed by atoms with Crippen molar-refractivity contribution in [3.8, 4) is 0 Å². The highest BCUT2D eigenvalue weighted by Crippen LogP contribution is 2.45. The molecule has 2 fully saturated rings. The Labute approximate surface area is 202 Å². The molecule has 2 heterocycles. The molecule has 3 rings (SSSR count). The summed E-state index contributed by atoms with van der Waals surface area (Å²) in [5, 5.41) is 13.3. The number of ether oxygens (including phenoxy) is 2. The molecule has 1 aliphatic carbocycles. The van der Waals surface area contributed by atoms with E-state index in [9.17, 15) is 19.5 Å². The highest BCUT2D eigenvalue weighted by atomic mass is 16.5. The lowest BCUT2D eigenvalue weighted by Crippen LogP contribution is -2.55. The molecule has 2 amide bonds. The van der Waals surface area contributed by atoms with Crippen molar-refractivity contribution < 1.29 is 29.0 Å². The number of rotatable bonds is 10. The van der Waals surface area contributed by atoms with Crippen molar-refractivity contribution >= 4 is 17.8 Å². The van der Waals surface area contributed by atoms with Gasteiger partial charge in [0.25, 0.3) is 0 Å². The third kappa shape index (κ3) is 5.47. The predicted molar refractivity (Wildman–Crippen MR) is 127 cm³/mol. The first-order valence-electron chi connectivity index (χ1n) is 12.7. The third-order valence-corrected chi connectivity index (χ3v) is 7.71. The van der Waals surface area contributed by atoms with Gasteiger partial charge in [-0.15, -0.1) is 0 Å². The molecule has 0 aromatic rings. The van der Waals surface area contributed by atoms with Gasteiger partial charge < -0.3 is 24.8 Å². The number of carbonyl (C=O) groups excluding carboxylic acids is 3. The molecule has 9 nitrogen and oxygen atoms in total. The van der Waals surface area contributed by atoms with E-state index in [1.165, 1.54) is 0 Å². The number of nitrogens with one attached hydrogen (secondary N) is 1. The van der Waals surface area contributed by atoms with Gasteiger partial charge in [0, 0.05) is 32.1 Å². The van der Waals surface area contributed by atoms with Gasteiger partial charge in [-0.25, -0.2) is 0 Å². The van der Waals surface area contributed by atoms with Crippen LogP contribution in [0.5, 0.6) is 0 Å². The van der Waals surface area contributed by atoms with Crippen LogP contribution >= 0.6 is 0 Å². The number of esters is 1. The lowest BCUT2D eigenvalue weighted by molar-refractivity contribution is -0.156. The van der Waals surface area contributed by atoms with E-state index in [1.54, 1.807) is 11.8 Å². The van der Waals surface area contributed by atoms with E-state index < -0.39 is 35.8 Å². The van der Waals surface area contributed by atoms with Gasteiger partial charge in [-0.3, -0.25) is 19.3 Å². The summed E-state index contributed by atoms with van der Waals surface area (Å²) in [7, 11) is 0. The molecule has 3 aliphatic rings. The van der Waals surface area contributed by atoms with Crippen LogP contribution in [0.1, 0.15) is 34.1 Å². The van der Waals surface area contributed by atoms with Gasteiger partial charge in [0.1, 0.15) is 6.04 Å². The van der Waals surface area contributed by atoms with E-state index in [2.05, 4.69) is 10.2 Å². The van der Waals surface area contributed by atoms with Gasteiger partial charge in [-0.1, -0.05) is 39.3 Å². The van der Waals surface area contributed by atoms with Crippen LogP contribution in [0.15, 0.2) is 12.2 Å². The summed E-state index contributed by atoms with van der Waals surface area (Å²) in [5.74, 6) is -2.82. The monoisotopic (exact) mass is 479 g/mol. The zero-order valence-electron chi connectivity index (χ0n) is 20.9. The van der Waals surface area contributed by atoms with Crippen molar-refractivity contribution in [2.75, 3.05) is 52.6 Å². The van der Waals surface area contributed by atoms with E-state index in [0.717, 1.165) is 19.5 Å². The number of nitrogens with zero attached hydrogens (tertiary/aromatic N) is 2. The van der Waals surface area contributed by atoms with Crippen molar-refractivity contribution in [1.29, 1.82) is 0 Å². The van der Waals surface area contributed by atoms with E-state index in [0.29, 0.717) is 26.3 Å². The summed E-state index contributed by atoms with van der Waals surface area (Å²) in [5.41, 5.74) is 0. The Balaban J connectivity index is 1.86. The molecule has 0 unspecified atom stereocenters. The molecule has 34 heavy (non-hydrogen) atoms. The average molecular weight is 480 g/mol. The Morgan fingerprint density at radius 2 is 1.97 bits per heavy atom. The van der Waals surface area contributed by atoms with Gasteiger partial charge in [0.15, 0.2) is 0 Å². The second-order valence-electron chi connectivity index (χ2n) is 9.70. The molecule has 0 aromatic carbocycles. The number of aliphatic hydroxyl groups excluding tert-OH is 1. The Kier molecular flexibility index (Phi) is 9.50. The summed E-state index contributed by atoms with van der Waals surface area (Å²) >= 11 is 0. The average Bonchev–Trinajstić information content (AvgIpc) is 3.12. The molecule has 192 valence electrons. The van der Waals surface area contributed by atoms with Gasteiger partial charge in [0.05, 0.1) is 44.3 Å². The standard InChI is InChI=1S/C25H41N3O6/c1-5-16(3)19(15-29)28-22(23(30)26-9-10-27-11-13-33-14-12-27)18-8-7-17(4)20(21(18)24(28)31)25(32)34-6-2/h7-8,16-22,29H,5-6,9-15H2,1-4H3,(H,26,30)/t16-,17+,18-,19-,20+,21+,22-/m0/s1. The Morgan fingerprint density at radius 3 is 2.59 bits per heavy atom. The quantitative estimate of drug-likeness (QED) is 0.350. The van der Waals surface area contributed by atoms with Crippen LogP contribution < -0.4 is 5.32 Å². The number of fused-ring (bicyclic) bond motifs is 1. The Hall–Kier alpha value is -1.97. The first kappa shape index (κ1) is 26.6. The lowest BCUT2D eigenvalue weighted by atomic mass is 9.70. The molecule has 0 aromatic heterocycles. The number of carbonyl (C=O) groups is 3. The Bertz CT molecular complexity index is 753. The minimum Gasteiger partial charge on any atom is -0.466 e. The highest BCUT2D eigenvalue weighted by Gasteiger charge is 2.58. The molecule has 7 atom stereocenters. The van der Waals surface area contributed by atoms with E-state index in [4.69, 9.17) is 9.47 Å². The maximum Gasteiger partial charge on any atom is 0.310 e. The summed E-state index contributed by atoms with van der Waals surface area (Å²) in [6.07, 6.45) is 4.59. The summed E-state index contributed by atoms with van der Waals surface area (Å²) in [4.78, 5) is 44.0. The maximum atomic E-state index is 13.8.